The number of hydrogen-bond acceptors (Lipinski definition) is 4. The summed E-state index contributed by atoms with van der Waals surface area (Å²) in [6, 6.07) is 0. The molecule has 4 amide bonds. The van der Waals surface area contributed by atoms with Crippen LogP contribution >= 0.6 is 0 Å². The topological polar surface area (TPSA) is 130 Å². The first-order valence-corrected chi connectivity index (χ1v) is 13.4. The molecule has 0 heterocycles. The average molecular weight is 505 g/mol. The van der Waals surface area contributed by atoms with Crippen LogP contribution in [0, 0.1) is 11.8 Å². The second-order valence-corrected chi connectivity index (χ2v) is 8.89. The van der Waals surface area contributed by atoms with Crippen molar-refractivity contribution in [2.24, 2.45) is 17.6 Å². The molecule has 1 rings (SSSR count). The lowest BCUT2D eigenvalue weighted by Crippen LogP contribution is -2.41. The van der Waals surface area contributed by atoms with Gasteiger partial charge >= 0.3 is 0 Å². The quantitative estimate of drug-likeness (QED) is 0.381. The first-order valence-electron chi connectivity index (χ1n) is 13.4. The van der Waals surface area contributed by atoms with E-state index in [9.17, 15) is 14.4 Å². The fraction of sp³-hybridized carbons (Fsp3) is 0.852. The van der Waals surface area contributed by atoms with Gasteiger partial charge in [0.15, 0.2) is 0 Å². The molecule has 35 heavy (non-hydrogen) atoms. The smallest absolute Gasteiger partial charge is 0.239 e. The highest BCUT2D eigenvalue weighted by molar-refractivity contribution is 5.88. The number of carbonyl (C=O) groups excluding carboxylic acids is 4. The molecule has 0 aromatic heterocycles. The van der Waals surface area contributed by atoms with Crippen molar-refractivity contribution in [3.05, 3.63) is 0 Å². The van der Waals surface area contributed by atoms with Gasteiger partial charge in [0.05, 0.1) is 13.1 Å². The van der Waals surface area contributed by atoms with Crippen LogP contribution in [0.15, 0.2) is 0 Å². The second kappa shape index (κ2) is 39.1. The maximum absolute atomic E-state index is 11.1. The van der Waals surface area contributed by atoms with E-state index in [1.54, 1.807) is 13.8 Å². The molecule has 0 aliphatic heterocycles. The summed E-state index contributed by atoms with van der Waals surface area (Å²) in [5.41, 5.74) is 4.17. The zero-order valence-corrected chi connectivity index (χ0v) is 24.7. The van der Waals surface area contributed by atoms with E-state index in [1.165, 1.54) is 44.9 Å². The third-order valence-electron chi connectivity index (χ3n) is 3.48. The maximum Gasteiger partial charge on any atom is 0.239 e. The van der Waals surface area contributed by atoms with Crippen LogP contribution in [0.1, 0.15) is 121 Å². The molecule has 0 bridgehead atoms. The van der Waals surface area contributed by atoms with Gasteiger partial charge in [0.2, 0.25) is 24.1 Å². The molecule has 1 aliphatic carbocycles. The van der Waals surface area contributed by atoms with Crippen molar-refractivity contribution in [2.75, 3.05) is 19.6 Å². The number of nitrogens with one attached hydrogen (secondary N) is 3. The fourth-order valence-electron chi connectivity index (χ4n) is 2.11. The molecule has 1 fully saturated rings. The number of primary amides is 1. The Balaban J connectivity index is -0.000000123. The maximum atomic E-state index is 11.1. The van der Waals surface area contributed by atoms with E-state index in [-0.39, 0.29) is 37.2 Å². The first-order chi connectivity index (χ1) is 16.5. The first kappa shape index (κ1) is 43.0. The molecule has 0 spiro atoms. The third-order valence-corrected chi connectivity index (χ3v) is 3.48. The Morgan fingerprint density at radius 3 is 1.34 bits per heavy atom. The van der Waals surface area contributed by atoms with Crippen LogP contribution in [0.5, 0.6) is 0 Å². The Bertz CT molecular complexity index is 448. The van der Waals surface area contributed by atoms with Crippen molar-refractivity contribution < 1.29 is 19.2 Å². The summed E-state index contributed by atoms with van der Waals surface area (Å²) in [5, 5.41) is 7.32. The number of likely N-dealkylation sites (N-methyl/N-ethyl adjacent to an activating group) is 1. The Kier molecular flexibility index (Phi) is 48.0. The van der Waals surface area contributed by atoms with Crippen LogP contribution in [-0.4, -0.2) is 43.8 Å². The van der Waals surface area contributed by atoms with Crippen molar-refractivity contribution in [3.63, 3.8) is 0 Å². The molecule has 1 saturated carbocycles. The van der Waals surface area contributed by atoms with Crippen LogP contribution in [0.3, 0.4) is 0 Å². The van der Waals surface area contributed by atoms with E-state index in [2.05, 4.69) is 77.1 Å². The van der Waals surface area contributed by atoms with E-state index >= 15 is 0 Å². The van der Waals surface area contributed by atoms with Gasteiger partial charge in [-0.1, -0.05) is 107 Å². The number of hydrogen-bond donors (Lipinski definition) is 4. The Morgan fingerprint density at radius 2 is 1.09 bits per heavy atom. The Labute approximate surface area is 217 Å². The van der Waals surface area contributed by atoms with Crippen LogP contribution in [0.2, 0.25) is 0 Å². The lowest BCUT2D eigenvalue weighted by Gasteiger charge is -2.15. The van der Waals surface area contributed by atoms with E-state index < -0.39 is 0 Å². The summed E-state index contributed by atoms with van der Waals surface area (Å²) in [5.74, 6) is 1.06. The summed E-state index contributed by atoms with van der Waals surface area (Å²) >= 11 is 0. The molecule has 212 valence electrons. The van der Waals surface area contributed by atoms with Crippen molar-refractivity contribution in [2.45, 2.75) is 121 Å². The normalized spacial score (nSPS) is 11.4. The van der Waals surface area contributed by atoms with E-state index in [0.717, 1.165) is 11.8 Å². The van der Waals surface area contributed by atoms with Gasteiger partial charge in [-0.2, -0.15) is 0 Å². The summed E-state index contributed by atoms with van der Waals surface area (Å²) in [4.78, 5) is 41.4. The van der Waals surface area contributed by atoms with Gasteiger partial charge in [0.1, 0.15) is 0 Å². The van der Waals surface area contributed by atoms with Gasteiger partial charge in [-0.05, 0) is 18.8 Å². The van der Waals surface area contributed by atoms with E-state index in [4.69, 9.17) is 4.79 Å². The Morgan fingerprint density at radius 1 is 0.771 bits per heavy atom. The van der Waals surface area contributed by atoms with Crippen LogP contribution in [-0.2, 0) is 19.2 Å². The number of amides is 4. The third kappa shape index (κ3) is 65.3. The Hall–Kier alpha value is -2.12. The van der Waals surface area contributed by atoms with Gasteiger partial charge < -0.3 is 21.7 Å². The van der Waals surface area contributed by atoms with Crippen LogP contribution in [0.4, 0.5) is 0 Å². The van der Waals surface area contributed by atoms with Crippen molar-refractivity contribution in [1.29, 1.82) is 0 Å². The van der Waals surface area contributed by atoms with Gasteiger partial charge in [-0.3, -0.25) is 19.2 Å². The number of carbonyl (C=O) groups is 4. The van der Waals surface area contributed by atoms with Gasteiger partial charge in [-0.15, -0.1) is 0 Å². The van der Waals surface area contributed by atoms with Crippen molar-refractivity contribution in [1.82, 2.24) is 16.0 Å². The van der Waals surface area contributed by atoms with Gasteiger partial charge in [0, 0.05) is 13.0 Å². The van der Waals surface area contributed by atoms with Gasteiger partial charge in [0.25, 0.3) is 0 Å². The SMILES string of the molecule is CC(C)C.CC1CCCCC1.CCC.CCC.CCNC(=O)CNC(=O)CNC(=O)CC.NC=O. The van der Waals surface area contributed by atoms with Crippen LogP contribution < -0.4 is 21.7 Å². The number of nitrogens with two attached hydrogens (primary N) is 1. The number of rotatable bonds is 6. The highest BCUT2D eigenvalue weighted by Crippen LogP contribution is 2.22. The fourth-order valence-corrected chi connectivity index (χ4v) is 2.11. The zero-order valence-electron chi connectivity index (χ0n) is 24.7. The minimum atomic E-state index is -0.372. The minimum absolute atomic E-state index is 0.0608. The summed E-state index contributed by atoms with van der Waals surface area (Å²) in [6.07, 6.45) is 10.5. The second-order valence-electron chi connectivity index (χ2n) is 8.89. The molecule has 1 aliphatic rings. The molecule has 8 nitrogen and oxygen atoms in total. The molecule has 5 N–H and O–H groups in total. The molecule has 0 radical (unpaired) electrons. The summed E-state index contributed by atoms with van der Waals surface area (Å²) < 4.78 is 0. The highest BCUT2D eigenvalue weighted by Gasteiger charge is 2.06. The lowest BCUT2D eigenvalue weighted by atomic mass is 9.91. The largest absolute Gasteiger partial charge is 0.372 e. The lowest BCUT2D eigenvalue weighted by molar-refractivity contribution is -0.127. The monoisotopic (exact) mass is 504 g/mol. The van der Waals surface area contributed by atoms with Crippen LogP contribution in [0.25, 0.3) is 0 Å². The summed E-state index contributed by atoms with van der Waals surface area (Å²) in [6.45, 7) is 21.2. The molecule has 0 atom stereocenters. The highest BCUT2D eigenvalue weighted by atomic mass is 16.2. The molecule has 0 aromatic carbocycles. The average Bonchev–Trinajstić information content (AvgIpc) is 2.78. The minimum Gasteiger partial charge on any atom is -0.372 e. The molecular weight excluding hydrogens is 444 g/mol. The molecule has 0 unspecified atom stereocenters. The zero-order chi connectivity index (χ0) is 28.5. The van der Waals surface area contributed by atoms with Crippen molar-refractivity contribution >= 4 is 24.1 Å². The predicted octanol–water partition coefficient (Wildman–Crippen LogP) is 4.95. The van der Waals surface area contributed by atoms with Gasteiger partial charge in [-0.25, -0.2) is 0 Å². The van der Waals surface area contributed by atoms with Crippen molar-refractivity contribution in [3.8, 4) is 0 Å². The molecular formula is C27H60N4O4. The summed E-state index contributed by atoms with van der Waals surface area (Å²) in [7, 11) is 0. The molecule has 0 saturated heterocycles. The van der Waals surface area contributed by atoms with E-state index in [1.807, 2.05) is 0 Å². The predicted molar refractivity (Wildman–Crippen MR) is 150 cm³/mol. The molecule has 8 heteroatoms. The molecule has 0 aromatic rings. The standard InChI is InChI=1S/C9H17N3O3.C7H14.C4H10.2C3H8.CH3NO/c1-3-7(13)11-6-9(15)12-5-8(14)10-4-2;1-7-5-3-2-4-6-7;1-4(2)3;2*1-3-2;2-1-3/h3-6H2,1-2H3,(H,10,14)(H,11,13)(H,12,15);7H,2-6H2,1H3;4H,1-3H3;2*3H2,1-2H3;1H,(H2,2,3). The van der Waals surface area contributed by atoms with E-state index in [0.29, 0.717) is 13.0 Å².